The third-order valence-corrected chi connectivity index (χ3v) is 4.27. The molecule has 106 valence electrons. The van der Waals surface area contributed by atoms with Gasteiger partial charge in [-0.25, -0.2) is 0 Å². The maximum absolute atomic E-state index is 13.1. The quantitative estimate of drug-likeness (QED) is 0.806. The monoisotopic (exact) mass is 272 g/mol. The van der Waals surface area contributed by atoms with Gasteiger partial charge in [0.15, 0.2) is 0 Å². The summed E-state index contributed by atoms with van der Waals surface area (Å²) in [5, 5.41) is 10.8. The standard InChI is InChI=1S/C15H19F3O/c1-10-7-8-11(2)14(19,9-10)12-5-3-4-6-13(12)15(16,17)18/h3-6,10-11,19H,7-9H2,1-2H3. The van der Waals surface area contributed by atoms with Crippen molar-refractivity contribution >= 4 is 0 Å². The Morgan fingerprint density at radius 1 is 1.16 bits per heavy atom. The van der Waals surface area contributed by atoms with Crippen LogP contribution in [0.2, 0.25) is 0 Å². The van der Waals surface area contributed by atoms with E-state index in [0.717, 1.165) is 18.9 Å². The summed E-state index contributed by atoms with van der Waals surface area (Å²) in [4.78, 5) is 0. The summed E-state index contributed by atoms with van der Waals surface area (Å²) in [5.41, 5.74) is -2.05. The predicted molar refractivity (Wildman–Crippen MR) is 67.5 cm³/mol. The van der Waals surface area contributed by atoms with Crippen molar-refractivity contribution < 1.29 is 18.3 Å². The molecule has 0 amide bonds. The Hall–Kier alpha value is -1.03. The lowest BCUT2D eigenvalue weighted by Gasteiger charge is -2.42. The summed E-state index contributed by atoms with van der Waals surface area (Å²) in [5.74, 6) is 0.0784. The van der Waals surface area contributed by atoms with Crippen LogP contribution in [0.3, 0.4) is 0 Å². The first-order valence-corrected chi connectivity index (χ1v) is 6.64. The van der Waals surface area contributed by atoms with Gasteiger partial charge in [0.2, 0.25) is 0 Å². The average Bonchev–Trinajstić information content (AvgIpc) is 2.33. The van der Waals surface area contributed by atoms with Gasteiger partial charge in [-0.05, 0) is 36.3 Å². The van der Waals surface area contributed by atoms with Crippen molar-refractivity contribution in [3.8, 4) is 0 Å². The van der Waals surface area contributed by atoms with E-state index in [2.05, 4.69) is 0 Å². The van der Waals surface area contributed by atoms with Gasteiger partial charge in [0.25, 0.3) is 0 Å². The van der Waals surface area contributed by atoms with E-state index >= 15 is 0 Å². The zero-order chi connectivity index (χ0) is 14.3. The maximum atomic E-state index is 13.1. The SMILES string of the molecule is CC1CCC(C)C(O)(c2ccccc2C(F)(F)F)C1. The highest BCUT2D eigenvalue weighted by Crippen LogP contribution is 2.47. The maximum Gasteiger partial charge on any atom is 0.416 e. The molecule has 4 heteroatoms. The first kappa shape index (κ1) is 14.4. The molecule has 1 nitrogen and oxygen atoms in total. The molecule has 0 radical (unpaired) electrons. The number of hydrogen-bond acceptors (Lipinski definition) is 1. The number of hydrogen-bond donors (Lipinski definition) is 1. The van der Waals surface area contributed by atoms with E-state index in [1.54, 1.807) is 6.07 Å². The first-order valence-electron chi connectivity index (χ1n) is 6.64. The molecule has 0 aliphatic heterocycles. The Morgan fingerprint density at radius 3 is 2.42 bits per heavy atom. The molecule has 1 saturated carbocycles. The fourth-order valence-electron chi connectivity index (χ4n) is 3.09. The molecule has 1 fully saturated rings. The molecule has 0 spiro atoms. The van der Waals surface area contributed by atoms with Gasteiger partial charge in [0.1, 0.15) is 0 Å². The Kier molecular flexibility index (Phi) is 3.65. The van der Waals surface area contributed by atoms with Crippen LogP contribution >= 0.6 is 0 Å². The van der Waals surface area contributed by atoms with E-state index in [4.69, 9.17) is 0 Å². The third kappa shape index (κ3) is 2.64. The van der Waals surface area contributed by atoms with Gasteiger partial charge >= 0.3 is 6.18 Å². The Morgan fingerprint density at radius 2 is 1.79 bits per heavy atom. The Balaban J connectivity index is 2.51. The highest BCUT2D eigenvalue weighted by Gasteiger charge is 2.45. The summed E-state index contributed by atoms with van der Waals surface area (Å²) in [6.45, 7) is 3.81. The number of alkyl halides is 3. The molecule has 1 aromatic rings. The lowest BCUT2D eigenvalue weighted by atomic mass is 9.68. The molecule has 2 rings (SSSR count). The lowest BCUT2D eigenvalue weighted by Crippen LogP contribution is -2.40. The molecule has 1 aromatic carbocycles. The van der Waals surface area contributed by atoms with Crippen LogP contribution in [0.5, 0.6) is 0 Å². The van der Waals surface area contributed by atoms with Gasteiger partial charge in [0.05, 0.1) is 11.2 Å². The summed E-state index contributed by atoms with van der Waals surface area (Å²) in [7, 11) is 0. The Labute approximate surface area is 111 Å². The zero-order valence-electron chi connectivity index (χ0n) is 11.2. The molecule has 0 aromatic heterocycles. The van der Waals surface area contributed by atoms with Crippen LogP contribution < -0.4 is 0 Å². The van der Waals surface area contributed by atoms with Gasteiger partial charge in [0, 0.05) is 0 Å². The summed E-state index contributed by atoms with van der Waals surface area (Å²) < 4.78 is 39.3. The van der Waals surface area contributed by atoms with Crippen LogP contribution in [0, 0.1) is 11.8 Å². The van der Waals surface area contributed by atoms with Gasteiger partial charge < -0.3 is 5.11 Å². The molecular formula is C15H19F3O. The fraction of sp³-hybridized carbons (Fsp3) is 0.600. The van der Waals surface area contributed by atoms with Gasteiger partial charge in [-0.15, -0.1) is 0 Å². The van der Waals surface area contributed by atoms with E-state index in [9.17, 15) is 18.3 Å². The minimum absolute atomic E-state index is 0.0292. The van der Waals surface area contributed by atoms with E-state index < -0.39 is 17.3 Å². The van der Waals surface area contributed by atoms with E-state index in [0.29, 0.717) is 6.42 Å². The van der Waals surface area contributed by atoms with E-state index in [1.165, 1.54) is 12.1 Å². The minimum atomic E-state index is -4.42. The molecule has 0 bridgehead atoms. The minimum Gasteiger partial charge on any atom is -0.385 e. The first-order chi connectivity index (χ1) is 8.75. The van der Waals surface area contributed by atoms with Gasteiger partial charge in [-0.3, -0.25) is 0 Å². The molecule has 1 aliphatic rings. The molecule has 0 heterocycles. The molecule has 3 atom stereocenters. The third-order valence-electron chi connectivity index (χ3n) is 4.27. The van der Waals surface area contributed by atoms with Gasteiger partial charge in [-0.2, -0.15) is 13.2 Å². The van der Waals surface area contributed by atoms with Crippen molar-refractivity contribution in [1.29, 1.82) is 0 Å². The van der Waals surface area contributed by atoms with Crippen molar-refractivity contribution in [1.82, 2.24) is 0 Å². The molecular weight excluding hydrogens is 253 g/mol. The smallest absolute Gasteiger partial charge is 0.385 e. The second-order valence-electron chi connectivity index (χ2n) is 5.76. The van der Waals surface area contributed by atoms with Crippen LogP contribution in [0.4, 0.5) is 13.2 Å². The molecule has 0 saturated heterocycles. The van der Waals surface area contributed by atoms with Crippen LogP contribution in [0.25, 0.3) is 0 Å². The second kappa shape index (κ2) is 4.82. The van der Waals surface area contributed by atoms with E-state index in [-0.39, 0.29) is 17.4 Å². The van der Waals surface area contributed by atoms with Crippen molar-refractivity contribution in [2.75, 3.05) is 0 Å². The predicted octanol–water partition coefficient (Wildman–Crippen LogP) is 4.35. The van der Waals surface area contributed by atoms with E-state index in [1.807, 2.05) is 13.8 Å². The van der Waals surface area contributed by atoms with Crippen LogP contribution in [0.1, 0.15) is 44.2 Å². The fourth-order valence-corrected chi connectivity index (χ4v) is 3.09. The highest BCUT2D eigenvalue weighted by atomic mass is 19.4. The molecule has 1 N–H and O–H groups in total. The lowest BCUT2D eigenvalue weighted by molar-refractivity contribution is -0.143. The van der Waals surface area contributed by atoms with Crippen LogP contribution in [-0.2, 0) is 11.8 Å². The van der Waals surface area contributed by atoms with Crippen LogP contribution in [0.15, 0.2) is 24.3 Å². The summed E-state index contributed by atoms with van der Waals surface area (Å²) >= 11 is 0. The average molecular weight is 272 g/mol. The zero-order valence-corrected chi connectivity index (χ0v) is 11.2. The van der Waals surface area contributed by atoms with Gasteiger partial charge in [-0.1, -0.05) is 38.5 Å². The van der Waals surface area contributed by atoms with Crippen molar-refractivity contribution in [3.63, 3.8) is 0 Å². The van der Waals surface area contributed by atoms with Crippen molar-refractivity contribution in [2.24, 2.45) is 11.8 Å². The second-order valence-corrected chi connectivity index (χ2v) is 5.76. The number of halogens is 3. The number of aliphatic hydroxyl groups is 1. The topological polar surface area (TPSA) is 20.2 Å². The highest BCUT2D eigenvalue weighted by molar-refractivity contribution is 5.35. The Bertz CT molecular complexity index is 455. The molecule has 3 unspecified atom stereocenters. The molecule has 1 aliphatic carbocycles. The largest absolute Gasteiger partial charge is 0.416 e. The number of benzene rings is 1. The number of rotatable bonds is 1. The summed E-state index contributed by atoms with van der Waals surface area (Å²) in [6.07, 6.45) is -2.32. The van der Waals surface area contributed by atoms with Crippen molar-refractivity contribution in [3.05, 3.63) is 35.4 Å². The normalized spacial score (nSPS) is 32.3. The van der Waals surface area contributed by atoms with Crippen LogP contribution in [-0.4, -0.2) is 5.11 Å². The van der Waals surface area contributed by atoms with Crippen molar-refractivity contribution in [2.45, 2.75) is 44.9 Å². The molecule has 19 heavy (non-hydrogen) atoms. The summed E-state index contributed by atoms with van der Waals surface area (Å²) in [6, 6.07) is 5.40.